The van der Waals surface area contributed by atoms with Gasteiger partial charge in [0.15, 0.2) is 0 Å². The number of nitrogens with one attached hydrogen (secondary N) is 1. The van der Waals surface area contributed by atoms with Crippen LogP contribution < -0.4 is 10.1 Å². The molecule has 130 valence electrons. The van der Waals surface area contributed by atoms with Gasteiger partial charge >= 0.3 is 0 Å². The number of rotatable bonds is 3. The van der Waals surface area contributed by atoms with Crippen molar-refractivity contribution < 1.29 is 17.7 Å². The highest BCUT2D eigenvalue weighted by Crippen LogP contribution is 2.26. The lowest BCUT2D eigenvalue weighted by Crippen LogP contribution is -2.50. The molecule has 0 spiro atoms. The van der Waals surface area contributed by atoms with Gasteiger partial charge in [-0.1, -0.05) is 35.4 Å². The van der Waals surface area contributed by atoms with Crippen LogP contribution in [-0.2, 0) is 10.1 Å². The summed E-state index contributed by atoms with van der Waals surface area (Å²) in [5, 5.41) is 3.85. The molecule has 0 saturated carbocycles. The molecular weight excluding hydrogens is 350 g/mol. The average Bonchev–Trinajstić information content (AvgIpc) is 2.45. The van der Waals surface area contributed by atoms with Crippen LogP contribution in [0, 0.1) is 13.8 Å². The van der Waals surface area contributed by atoms with Gasteiger partial charge in [-0.05, 0) is 43.7 Å². The van der Waals surface area contributed by atoms with Crippen molar-refractivity contribution in [3.05, 3.63) is 58.6 Å². The second-order valence-corrected chi connectivity index (χ2v) is 7.45. The first-order valence-corrected chi connectivity index (χ1v) is 9.25. The van der Waals surface area contributed by atoms with Crippen molar-refractivity contribution in [2.45, 2.75) is 24.8 Å². The highest BCUT2D eigenvalue weighted by molar-refractivity contribution is 7.85. The Morgan fingerprint density at radius 1 is 1.08 bits per heavy atom. The maximum Gasteiger partial charge on any atom is 0.294 e. The predicted octanol–water partition coefficient (Wildman–Crippen LogP) is 3.24. The summed E-state index contributed by atoms with van der Waals surface area (Å²) in [6.07, 6.45) is 0.292. The van der Waals surface area contributed by atoms with E-state index in [1.54, 1.807) is 12.1 Å². The van der Waals surface area contributed by atoms with E-state index in [0.29, 0.717) is 11.1 Å². The summed E-state index contributed by atoms with van der Waals surface area (Å²) in [5.74, 6) is 0.791. The van der Waals surface area contributed by atoms with E-state index in [1.807, 2.05) is 32.0 Å². The minimum Gasteiger partial charge on any atom is -0.486 e. The molecule has 1 heterocycles. The topological polar surface area (TPSA) is 75.6 Å². The van der Waals surface area contributed by atoms with E-state index < -0.39 is 10.1 Å². The second kappa shape index (κ2) is 7.98. The van der Waals surface area contributed by atoms with Crippen molar-refractivity contribution in [1.29, 1.82) is 0 Å². The summed E-state index contributed by atoms with van der Waals surface area (Å²) in [5.41, 5.74) is 2.11. The van der Waals surface area contributed by atoms with E-state index in [4.69, 9.17) is 20.9 Å². The Labute approximate surface area is 147 Å². The molecule has 1 fully saturated rings. The van der Waals surface area contributed by atoms with E-state index in [-0.39, 0.29) is 4.90 Å². The smallest absolute Gasteiger partial charge is 0.294 e. The SMILES string of the molecule is Cc1ccc(OC2CNC2)c(Cl)c1.Cc1ccc(S(=O)(=O)O)cc1. The summed E-state index contributed by atoms with van der Waals surface area (Å²) >= 11 is 6.01. The number of hydrogen-bond donors (Lipinski definition) is 2. The van der Waals surface area contributed by atoms with Gasteiger partial charge in [-0.15, -0.1) is 0 Å². The van der Waals surface area contributed by atoms with Crippen molar-refractivity contribution >= 4 is 21.7 Å². The van der Waals surface area contributed by atoms with Crippen LogP contribution in [0.4, 0.5) is 0 Å². The first kappa shape index (κ1) is 18.7. The number of hydrogen-bond acceptors (Lipinski definition) is 4. The molecule has 7 heteroatoms. The quantitative estimate of drug-likeness (QED) is 0.812. The van der Waals surface area contributed by atoms with Crippen LogP contribution in [0.2, 0.25) is 5.02 Å². The van der Waals surface area contributed by atoms with Crippen LogP contribution in [0.15, 0.2) is 47.4 Å². The third-order valence-corrected chi connectivity index (χ3v) is 4.61. The molecule has 0 atom stereocenters. The van der Waals surface area contributed by atoms with Gasteiger partial charge in [-0.2, -0.15) is 8.42 Å². The minimum absolute atomic E-state index is 0.0666. The molecular formula is C17H20ClNO4S. The summed E-state index contributed by atoms with van der Waals surface area (Å²) in [6.45, 7) is 5.70. The lowest BCUT2D eigenvalue weighted by atomic mass is 10.2. The Morgan fingerprint density at radius 3 is 2.12 bits per heavy atom. The first-order valence-electron chi connectivity index (χ1n) is 7.43. The van der Waals surface area contributed by atoms with Gasteiger partial charge in [-0.25, -0.2) is 0 Å². The monoisotopic (exact) mass is 369 g/mol. The fraction of sp³-hybridized carbons (Fsp3) is 0.294. The molecule has 1 saturated heterocycles. The van der Waals surface area contributed by atoms with E-state index >= 15 is 0 Å². The molecule has 1 aliphatic heterocycles. The molecule has 0 aromatic heterocycles. The van der Waals surface area contributed by atoms with Gasteiger partial charge in [-0.3, -0.25) is 4.55 Å². The largest absolute Gasteiger partial charge is 0.486 e. The fourth-order valence-electron chi connectivity index (χ4n) is 1.94. The van der Waals surface area contributed by atoms with Crippen molar-refractivity contribution in [3.8, 4) is 5.75 Å². The summed E-state index contributed by atoms with van der Waals surface area (Å²) in [7, 11) is -4.02. The maximum absolute atomic E-state index is 10.5. The van der Waals surface area contributed by atoms with Crippen molar-refractivity contribution in [2.24, 2.45) is 0 Å². The molecule has 2 N–H and O–H groups in total. The van der Waals surface area contributed by atoms with E-state index in [1.165, 1.54) is 12.1 Å². The van der Waals surface area contributed by atoms with Gasteiger partial charge in [0.2, 0.25) is 0 Å². The Kier molecular flexibility index (Phi) is 6.23. The van der Waals surface area contributed by atoms with Crippen LogP contribution in [-0.4, -0.2) is 32.2 Å². The molecule has 0 aliphatic carbocycles. The van der Waals surface area contributed by atoms with E-state index in [2.05, 4.69) is 5.32 Å². The molecule has 1 aliphatic rings. The van der Waals surface area contributed by atoms with Crippen LogP contribution in [0.3, 0.4) is 0 Å². The highest BCUT2D eigenvalue weighted by atomic mass is 35.5. The Balaban J connectivity index is 0.000000177. The summed E-state index contributed by atoms with van der Waals surface area (Å²) < 4.78 is 35.2. The Hall–Kier alpha value is -1.60. The standard InChI is InChI=1S/C10H12ClNO.C7H8O3S/c1-7-2-3-10(9(11)4-7)13-8-5-12-6-8;1-6-2-4-7(5-3-6)11(8,9)10/h2-4,8,12H,5-6H2,1H3;2-5H,1H3,(H,8,9,10). The first-order chi connectivity index (χ1) is 11.3. The van der Waals surface area contributed by atoms with Crippen LogP contribution >= 0.6 is 11.6 Å². The molecule has 2 aromatic carbocycles. The average molecular weight is 370 g/mol. The maximum atomic E-state index is 10.5. The van der Waals surface area contributed by atoms with Crippen molar-refractivity contribution in [3.63, 3.8) is 0 Å². The molecule has 0 unspecified atom stereocenters. The van der Waals surface area contributed by atoms with Gasteiger partial charge in [0, 0.05) is 13.1 Å². The zero-order chi connectivity index (χ0) is 17.7. The zero-order valence-corrected chi connectivity index (χ0v) is 15.1. The van der Waals surface area contributed by atoms with Crippen LogP contribution in [0.5, 0.6) is 5.75 Å². The molecule has 0 radical (unpaired) electrons. The minimum atomic E-state index is -4.02. The summed E-state index contributed by atoms with van der Waals surface area (Å²) in [4.78, 5) is -0.0666. The number of ether oxygens (including phenoxy) is 1. The van der Waals surface area contributed by atoms with Gasteiger partial charge in [0.05, 0.1) is 9.92 Å². The van der Waals surface area contributed by atoms with Crippen molar-refractivity contribution in [1.82, 2.24) is 5.32 Å². The van der Waals surface area contributed by atoms with Gasteiger partial charge in [0.25, 0.3) is 10.1 Å². The zero-order valence-electron chi connectivity index (χ0n) is 13.5. The predicted molar refractivity (Wildman–Crippen MR) is 94.5 cm³/mol. The van der Waals surface area contributed by atoms with Crippen molar-refractivity contribution in [2.75, 3.05) is 13.1 Å². The molecule has 3 rings (SSSR count). The third-order valence-electron chi connectivity index (χ3n) is 3.44. The number of halogens is 1. The highest BCUT2D eigenvalue weighted by Gasteiger charge is 2.19. The third kappa shape index (κ3) is 5.49. The van der Waals surface area contributed by atoms with E-state index in [0.717, 1.165) is 30.0 Å². The molecule has 0 amide bonds. The second-order valence-electron chi connectivity index (χ2n) is 5.62. The Morgan fingerprint density at radius 2 is 1.67 bits per heavy atom. The van der Waals surface area contributed by atoms with Crippen LogP contribution in [0.25, 0.3) is 0 Å². The fourth-order valence-corrected chi connectivity index (χ4v) is 2.70. The molecule has 0 bridgehead atoms. The lowest BCUT2D eigenvalue weighted by Gasteiger charge is -2.28. The van der Waals surface area contributed by atoms with E-state index in [9.17, 15) is 8.42 Å². The number of aryl methyl sites for hydroxylation is 2. The molecule has 2 aromatic rings. The Bertz CT molecular complexity index is 787. The number of benzene rings is 2. The summed E-state index contributed by atoms with van der Waals surface area (Å²) in [6, 6.07) is 11.8. The van der Waals surface area contributed by atoms with Gasteiger partial charge < -0.3 is 10.1 Å². The molecule has 5 nitrogen and oxygen atoms in total. The van der Waals surface area contributed by atoms with Crippen LogP contribution in [0.1, 0.15) is 11.1 Å². The lowest BCUT2D eigenvalue weighted by molar-refractivity contribution is 0.142. The molecule has 24 heavy (non-hydrogen) atoms. The van der Waals surface area contributed by atoms with Gasteiger partial charge in [0.1, 0.15) is 11.9 Å². The normalized spacial score (nSPS) is 14.3.